The molecule has 3 aromatic carbocycles. The molecule has 3 saturated heterocycles. The summed E-state index contributed by atoms with van der Waals surface area (Å²) < 4.78 is 4.79. The van der Waals surface area contributed by atoms with Gasteiger partial charge in [-0.1, -0.05) is 87.7 Å². The van der Waals surface area contributed by atoms with E-state index in [1.807, 2.05) is 63.7 Å². The zero-order chi connectivity index (χ0) is 56.5. The maximum Gasteiger partial charge on any atom is 0.281 e. The minimum Gasteiger partial charge on any atom is -0.391 e. The summed E-state index contributed by atoms with van der Waals surface area (Å²) in [4.78, 5) is 75.0. The van der Waals surface area contributed by atoms with Crippen LogP contribution in [0.4, 0.5) is 0 Å². The molecule has 430 valence electrons. The third kappa shape index (κ3) is 9.31. The Kier molecular flexibility index (Phi) is 13.6. The number of fused-ring (bicyclic) bond motifs is 7. The number of likely N-dealkylation sites (tertiary alicyclic amines) is 3. The Morgan fingerprint density at radius 3 is 2.30 bits per heavy atom. The Labute approximate surface area is 492 Å². The Morgan fingerprint density at radius 1 is 0.866 bits per heavy atom. The van der Waals surface area contributed by atoms with Crippen LogP contribution in [0.3, 0.4) is 0 Å². The van der Waals surface area contributed by atoms with Crippen molar-refractivity contribution in [3.63, 3.8) is 0 Å². The average Bonchev–Trinajstić information content (AvgIpc) is 4.06. The van der Waals surface area contributed by atoms with Crippen LogP contribution in [-0.4, -0.2) is 118 Å². The van der Waals surface area contributed by atoms with Crippen LogP contribution >= 0.6 is 27.3 Å². The van der Waals surface area contributed by atoms with Gasteiger partial charge in [0.2, 0.25) is 17.7 Å². The van der Waals surface area contributed by atoms with Gasteiger partial charge < -0.3 is 25.1 Å². The molecule has 3 amide bonds. The molecule has 82 heavy (non-hydrogen) atoms. The van der Waals surface area contributed by atoms with Crippen LogP contribution in [-0.2, 0) is 25.3 Å². The summed E-state index contributed by atoms with van der Waals surface area (Å²) in [6.07, 6.45) is 18.2. The van der Waals surface area contributed by atoms with Gasteiger partial charge in [-0.3, -0.25) is 23.7 Å². The lowest BCUT2D eigenvalue weighted by atomic mass is 9.66. The van der Waals surface area contributed by atoms with Gasteiger partial charge in [0.05, 0.1) is 61.3 Å². The summed E-state index contributed by atoms with van der Waals surface area (Å²) in [5.41, 5.74) is 8.86. The summed E-state index contributed by atoms with van der Waals surface area (Å²) in [5.74, 6) is 0.777. The fourth-order valence-corrected chi connectivity index (χ4v) is 17.6. The number of nitrogens with one attached hydrogen (secondary N) is 1. The monoisotopic (exact) mass is 1190 g/mol. The number of carbonyl (C=O) groups is 3. The molecule has 15 nitrogen and oxygen atoms in total. The third-order valence-electron chi connectivity index (χ3n) is 21.2. The molecule has 3 aromatic heterocycles. The predicted octanol–water partition coefficient (Wildman–Crippen LogP) is 10.6. The number of benzene rings is 3. The van der Waals surface area contributed by atoms with Gasteiger partial charge >= 0.3 is 0 Å². The summed E-state index contributed by atoms with van der Waals surface area (Å²) in [5, 5.41) is 24.1. The van der Waals surface area contributed by atoms with Gasteiger partial charge in [0.15, 0.2) is 0 Å². The van der Waals surface area contributed by atoms with Crippen molar-refractivity contribution in [2.75, 3.05) is 32.7 Å². The minimum atomic E-state index is -0.956. The molecule has 2 spiro atoms. The van der Waals surface area contributed by atoms with Crippen molar-refractivity contribution in [3.8, 4) is 16.1 Å². The topological polar surface area (TPSA) is 172 Å². The summed E-state index contributed by atoms with van der Waals surface area (Å²) in [6.45, 7) is 11.6. The highest BCUT2D eigenvalue weighted by Gasteiger charge is 2.63. The van der Waals surface area contributed by atoms with Gasteiger partial charge in [-0.25, -0.2) is 9.67 Å². The van der Waals surface area contributed by atoms with Crippen molar-refractivity contribution in [1.82, 2.24) is 49.5 Å². The number of aromatic nitrogens is 6. The second-order valence-corrected chi connectivity index (χ2v) is 28.8. The normalized spacial score (nSPS) is 25.9. The minimum absolute atomic E-state index is 0.0361. The lowest BCUT2D eigenvalue weighted by Crippen LogP contribution is -2.53. The lowest BCUT2D eigenvalue weighted by molar-refractivity contribution is -0.144. The number of rotatable bonds is 10. The summed E-state index contributed by atoms with van der Waals surface area (Å²) >= 11 is 5.27. The number of carbonyl (C=O) groups excluding carboxylic acids is 3. The highest BCUT2D eigenvalue weighted by molar-refractivity contribution is 9.10. The van der Waals surface area contributed by atoms with Crippen LogP contribution in [0.2, 0.25) is 0 Å². The van der Waals surface area contributed by atoms with E-state index in [-0.39, 0.29) is 47.1 Å². The van der Waals surface area contributed by atoms with Crippen molar-refractivity contribution < 1.29 is 19.5 Å². The van der Waals surface area contributed by atoms with Gasteiger partial charge in [-0.2, -0.15) is 4.98 Å². The first-order valence-electron chi connectivity index (χ1n) is 30.7. The molecule has 0 bridgehead atoms. The lowest BCUT2D eigenvalue weighted by Gasteiger charge is -2.49. The van der Waals surface area contributed by atoms with E-state index in [1.54, 1.807) is 20.9 Å². The Balaban J connectivity index is 0.630. The quantitative estimate of drug-likeness (QED) is 0.134. The molecule has 17 heteroatoms. The predicted molar refractivity (Wildman–Crippen MR) is 320 cm³/mol. The molecule has 4 saturated carbocycles. The van der Waals surface area contributed by atoms with E-state index in [1.165, 1.54) is 48.9 Å². The number of hydrogen-bond acceptors (Lipinski definition) is 11. The number of aliphatic hydroxyl groups is 1. The van der Waals surface area contributed by atoms with Crippen LogP contribution in [0, 0.1) is 23.7 Å². The standard InChI is InChI=1S/C65H77BrN10O5S/c1-39-55(82-38-67-39)42-13-16-44(17-14-42)65(69-57(78)53-34-46(77)36-74(53)60(81)56(62(2,3)4)75-37-50(70-71-75)41-11-12-41)35-48(65)59(80)73-31-27-63(28-32-73)25-19-45(20-26-63)72-29-21-40(22-30-72)43-15-18-47-52(33-43)76-51-10-8-9-49(66)54(51)58(79)68-61(76)64(47)23-6-5-7-24-64/h8-10,13-18,33,37-38,40-41,45-46,48,53,56,77H,5-7,11-12,19-32,34-36H2,1-4H3,(H,69,78)/t46-,48?,53+,56-,65?/m1/s1. The fraction of sp³-hybridized carbons (Fsp3) is 0.569. The van der Waals surface area contributed by atoms with Crippen molar-refractivity contribution in [2.45, 2.75) is 184 Å². The Morgan fingerprint density at radius 2 is 1.61 bits per heavy atom. The van der Waals surface area contributed by atoms with Gasteiger partial charge in [0, 0.05) is 48.7 Å². The molecule has 7 heterocycles. The fourth-order valence-electron chi connectivity index (χ4n) is 16.3. The Bertz CT molecular complexity index is 3530. The van der Waals surface area contributed by atoms with Crippen molar-refractivity contribution in [3.05, 3.63) is 121 Å². The number of hydrogen-bond donors (Lipinski definition) is 2. The summed E-state index contributed by atoms with van der Waals surface area (Å²) in [6, 6.07) is 20.5. The number of amides is 3. The maximum atomic E-state index is 14.9. The Hall–Kier alpha value is -5.62. The number of thiazole rings is 1. The molecule has 4 aliphatic heterocycles. The van der Waals surface area contributed by atoms with Crippen molar-refractivity contribution >= 4 is 55.9 Å². The second kappa shape index (κ2) is 20.6. The van der Waals surface area contributed by atoms with E-state index < -0.39 is 35.1 Å². The third-order valence-corrected chi connectivity index (χ3v) is 22.8. The van der Waals surface area contributed by atoms with Crippen LogP contribution < -0.4 is 10.9 Å². The SMILES string of the molecule is Cc1ncsc1-c1ccc(C2(NC(=O)[C@@H]3C[C@@H](O)CN3C(=O)[C@@H](n3cc(C4CC4)nn3)C(C)(C)C)CC2C(=O)N2CCC3(CCC(N4CCC(c5ccc6c(c5)-n5c(nc(=O)c7c(Br)cccc75)C65CCCCC5)CC4)CC3)CC2)cc1. The first-order valence-corrected chi connectivity index (χ1v) is 32.3. The number of aliphatic hydroxyl groups excluding tert-OH is 1. The van der Waals surface area contributed by atoms with Gasteiger partial charge in [0.1, 0.15) is 17.9 Å². The van der Waals surface area contributed by atoms with Crippen LogP contribution in [0.1, 0.15) is 182 Å². The van der Waals surface area contributed by atoms with Crippen molar-refractivity contribution in [1.29, 1.82) is 0 Å². The number of piperidine rings is 2. The van der Waals surface area contributed by atoms with Crippen LogP contribution in [0.5, 0.6) is 0 Å². The van der Waals surface area contributed by atoms with Crippen LogP contribution in [0.15, 0.2) is 81.6 Å². The molecular formula is C65H77BrN10O5S. The number of nitrogens with zero attached hydrogens (tertiary/aromatic N) is 9. The van der Waals surface area contributed by atoms with E-state index in [9.17, 15) is 24.3 Å². The van der Waals surface area contributed by atoms with Gasteiger partial charge in [-0.15, -0.1) is 16.4 Å². The molecule has 8 aliphatic rings. The molecule has 14 rings (SSSR count). The largest absolute Gasteiger partial charge is 0.391 e. The summed E-state index contributed by atoms with van der Waals surface area (Å²) in [7, 11) is 0. The number of aryl methyl sites for hydroxylation is 1. The highest BCUT2D eigenvalue weighted by Crippen LogP contribution is 2.56. The van der Waals surface area contributed by atoms with E-state index in [0.717, 1.165) is 121 Å². The molecule has 2 N–H and O–H groups in total. The van der Waals surface area contributed by atoms with Crippen molar-refractivity contribution in [2.24, 2.45) is 16.7 Å². The zero-order valence-corrected chi connectivity index (χ0v) is 50.3. The molecule has 4 aliphatic carbocycles. The number of β-amino-alcohol motifs (C(OH)–C–C–N with tert-alkyl or cyclic N) is 1. The molecule has 6 aromatic rings. The molecule has 2 unspecified atom stereocenters. The van der Waals surface area contributed by atoms with E-state index >= 15 is 0 Å². The molecule has 7 fully saturated rings. The maximum absolute atomic E-state index is 14.9. The zero-order valence-electron chi connectivity index (χ0n) is 47.9. The van der Waals surface area contributed by atoms with E-state index in [4.69, 9.17) is 4.98 Å². The second-order valence-electron chi connectivity index (χ2n) is 27.1. The molecular weight excluding hydrogens is 1110 g/mol. The highest BCUT2D eigenvalue weighted by atomic mass is 79.9. The molecule has 5 atom stereocenters. The smallest absolute Gasteiger partial charge is 0.281 e. The number of halogens is 1. The molecule has 0 radical (unpaired) electrons. The first-order chi connectivity index (χ1) is 39.5. The van der Waals surface area contributed by atoms with E-state index in [2.05, 4.69) is 87.3 Å². The average molecular weight is 1190 g/mol. The van der Waals surface area contributed by atoms with Crippen LogP contribution in [0.25, 0.3) is 27.0 Å². The van der Waals surface area contributed by atoms with Gasteiger partial charge in [0.25, 0.3) is 5.56 Å². The van der Waals surface area contributed by atoms with Gasteiger partial charge in [-0.05, 0) is 177 Å². The first kappa shape index (κ1) is 54.3. The van der Waals surface area contributed by atoms with E-state index in [0.29, 0.717) is 42.8 Å².